The first-order valence-electron chi connectivity index (χ1n) is 7.18. The molecule has 2 aromatic rings. The van der Waals surface area contributed by atoms with Gasteiger partial charge in [-0.3, -0.25) is 5.10 Å². The third kappa shape index (κ3) is 3.90. The molecule has 20 heavy (non-hydrogen) atoms. The van der Waals surface area contributed by atoms with Gasteiger partial charge in [0, 0.05) is 35.5 Å². The van der Waals surface area contributed by atoms with Crippen molar-refractivity contribution in [2.24, 2.45) is 0 Å². The summed E-state index contributed by atoms with van der Waals surface area (Å²) >= 11 is 1.75. The Hall–Kier alpha value is -1.20. The number of H-pyrrole nitrogens is 1. The predicted molar refractivity (Wildman–Crippen MR) is 84.2 cm³/mol. The van der Waals surface area contributed by atoms with Crippen molar-refractivity contribution in [1.29, 1.82) is 0 Å². The first kappa shape index (κ1) is 15.2. The average Bonchev–Trinajstić information content (AvgIpc) is 2.98. The molecule has 0 radical (unpaired) electrons. The number of aryl methyl sites for hydroxylation is 1. The number of aromatic amines is 1. The van der Waals surface area contributed by atoms with Crippen molar-refractivity contribution in [2.45, 2.75) is 59.0 Å². The molecule has 0 fully saturated rings. The fourth-order valence-electron chi connectivity index (χ4n) is 2.23. The van der Waals surface area contributed by atoms with Crippen molar-refractivity contribution in [1.82, 2.24) is 20.5 Å². The van der Waals surface area contributed by atoms with Gasteiger partial charge in [-0.25, -0.2) is 4.98 Å². The number of nitrogens with zero attached hydrogens (tertiary/aromatic N) is 2. The zero-order chi connectivity index (χ0) is 14.7. The van der Waals surface area contributed by atoms with Crippen molar-refractivity contribution in [3.05, 3.63) is 33.5 Å². The number of aromatic nitrogens is 3. The Morgan fingerprint density at radius 1 is 1.30 bits per heavy atom. The van der Waals surface area contributed by atoms with Crippen LogP contribution in [0.2, 0.25) is 0 Å². The third-order valence-electron chi connectivity index (χ3n) is 3.29. The van der Waals surface area contributed by atoms with Gasteiger partial charge in [-0.1, -0.05) is 13.8 Å². The quantitative estimate of drug-likeness (QED) is 0.855. The molecule has 2 aromatic heterocycles. The van der Waals surface area contributed by atoms with E-state index in [1.54, 1.807) is 11.3 Å². The number of thiazole rings is 1. The maximum atomic E-state index is 4.71. The molecule has 0 bridgehead atoms. The molecule has 4 nitrogen and oxygen atoms in total. The minimum absolute atomic E-state index is 0.272. The molecule has 2 atom stereocenters. The van der Waals surface area contributed by atoms with E-state index in [0.29, 0.717) is 12.0 Å². The van der Waals surface area contributed by atoms with Gasteiger partial charge in [0.1, 0.15) is 0 Å². The number of nitrogens with one attached hydrogen (secondary N) is 2. The highest BCUT2D eigenvalue weighted by Crippen LogP contribution is 2.23. The summed E-state index contributed by atoms with van der Waals surface area (Å²) in [6.07, 6.45) is 0.926. The predicted octanol–water partition coefficient (Wildman–Crippen LogP) is 3.58. The normalized spacial score (nSPS) is 14.7. The molecule has 0 amide bonds. The van der Waals surface area contributed by atoms with Crippen LogP contribution in [0.1, 0.15) is 61.7 Å². The minimum atomic E-state index is 0.272. The van der Waals surface area contributed by atoms with Crippen LogP contribution in [-0.4, -0.2) is 21.2 Å². The van der Waals surface area contributed by atoms with Gasteiger partial charge in [0.2, 0.25) is 0 Å². The van der Waals surface area contributed by atoms with Crippen molar-refractivity contribution in [3.8, 4) is 0 Å². The lowest BCUT2D eigenvalue weighted by Crippen LogP contribution is -2.31. The Bertz CT molecular complexity index is 544. The van der Waals surface area contributed by atoms with E-state index in [2.05, 4.69) is 54.7 Å². The molecule has 2 rings (SSSR count). The Morgan fingerprint density at radius 3 is 2.60 bits per heavy atom. The molecule has 2 unspecified atom stereocenters. The van der Waals surface area contributed by atoms with Crippen molar-refractivity contribution in [2.75, 3.05) is 0 Å². The van der Waals surface area contributed by atoms with Gasteiger partial charge in [0.25, 0.3) is 0 Å². The summed E-state index contributed by atoms with van der Waals surface area (Å²) in [7, 11) is 0. The molecular formula is C15H24N4S. The van der Waals surface area contributed by atoms with Gasteiger partial charge in [-0.15, -0.1) is 11.3 Å². The van der Waals surface area contributed by atoms with Crippen LogP contribution in [0, 0.1) is 6.92 Å². The second-order valence-electron chi connectivity index (χ2n) is 5.80. The molecule has 0 aromatic carbocycles. The van der Waals surface area contributed by atoms with Crippen LogP contribution in [0.3, 0.4) is 0 Å². The fraction of sp³-hybridized carbons (Fsp3) is 0.600. The van der Waals surface area contributed by atoms with Crippen LogP contribution >= 0.6 is 11.3 Å². The van der Waals surface area contributed by atoms with Crippen molar-refractivity contribution >= 4 is 11.3 Å². The van der Waals surface area contributed by atoms with E-state index >= 15 is 0 Å². The van der Waals surface area contributed by atoms with Crippen LogP contribution in [0.5, 0.6) is 0 Å². The highest BCUT2D eigenvalue weighted by atomic mass is 32.1. The van der Waals surface area contributed by atoms with Gasteiger partial charge >= 0.3 is 0 Å². The van der Waals surface area contributed by atoms with Gasteiger partial charge in [0.15, 0.2) is 0 Å². The van der Waals surface area contributed by atoms with E-state index in [1.807, 2.05) is 6.92 Å². The van der Waals surface area contributed by atoms with Crippen LogP contribution < -0.4 is 5.32 Å². The summed E-state index contributed by atoms with van der Waals surface area (Å²) in [5.41, 5.74) is 3.36. The molecule has 2 heterocycles. The molecule has 0 aliphatic rings. The zero-order valence-electron chi connectivity index (χ0n) is 12.9. The summed E-state index contributed by atoms with van der Waals surface area (Å²) < 4.78 is 0. The van der Waals surface area contributed by atoms with Gasteiger partial charge in [-0.05, 0) is 26.8 Å². The summed E-state index contributed by atoms with van der Waals surface area (Å²) in [6.45, 7) is 10.8. The van der Waals surface area contributed by atoms with Crippen LogP contribution in [0.15, 0.2) is 11.4 Å². The number of hydrogen-bond acceptors (Lipinski definition) is 4. The number of rotatable bonds is 6. The zero-order valence-corrected chi connectivity index (χ0v) is 13.7. The summed E-state index contributed by atoms with van der Waals surface area (Å²) in [5, 5.41) is 14.2. The molecule has 2 N–H and O–H groups in total. The first-order valence-corrected chi connectivity index (χ1v) is 8.06. The lowest BCUT2D eigenvalue weighted by molar-refractivity contribution is 0.467. The Kier molecular flexibility index (Phi) is 4.94. The van der Waals surface area contributed by atoms with Crippen molar-refractivity contribution < 1.29 is 0 Å². The van der Waals surface area contributed by atoms with Crippen LogP contribution in [0.25, 0.3) is 0 Å². The number of hydrogen-bond donors (Lipinski definition) is 2. The first-order chi connectivity index (χ1) is 9.45. The van der Waals surface area contributed by atoms with Gasteiger partial charge in [0.05, 0.1) is 16.4 Å². The highest BCUT2D eigenvalue weighted by Gasteiger charge is 2.15. The second-order valence-corrected chi connectivity index (χ2v) is 6.69. The van der Waals surface area contributed by atoms with Crippen LogP contribution in [0.4, 0.5) is 0 Å². The molecule has 0 saturated heterocycles. The summed E-state index contributed by atoms with van der Waals surface area (Å²) in [4.78, 5) is 4.71. The lowest BCUT2D eigenvalue weighted by atomic mass is 10.1. The second kappa shape index (κ2) is 6.50. The SMILES string of the molecule is Cc1cc(CC(C)NC(C)c2csc(C(C)C)n2)n[nH]1. The fourth-order valence-corrected chi connectivity index (χ4v) is 3.16. The van der Waals surface area contributed by atoms with E-state index in [-0.39, 0.29) is 6.04 Å². The molecule has 0 spiro atoms. The van der Waals surface area contributed by atoms with E-state index in [0.717, 1.165) is 23.5 Å². The van der Waals surface area contributed by atoms with E-state index in [4.69, 9.17) is 4.98 Å². The minimum Gasteiger partial charge on any atom is -0.306 e. The maximum absolute atomic E-state index is 4.71. The van der Waals surface area contributed by atoms with E-state index in [9.17, 15) is 0 Å². The summed E-state index contributed by atoms with van der Waals surface area (Å²) in [5.74, 6) is 0.505. The Balaban J connectivity index is 1.91. The third-order valence-corrected chi connectivity index (χ3v) is 4.45. The van der Waals surface area contributed by atoms with Crippen molar-refractivity contribution in [3.63, 3.8) is 0 Å². The average molecular weight is 292 g/mol. The Labute approximate surface area is 125 Å². The van der Waals surface area contributed by atoms with Gasteiger partial charge < -0.3 is 5.32 Å². The molecule has 0 aliphatic heterocycles. The smallest absolute Gasteiger partial charge is 0.0954 e. The maximum Gasteiger partial charge on any atom is 0.0954 e. The largest absolute Gasteiger partial charge is 0.306 e. The molecule has 110 valence electrons. The molecule has 0 saturated carbocycles. The van der Waals surface area contributed by atoms with Crippen LogP contribution in [-0.2, 0) is 6.42 Å². The summed E-state index contributed by atoms with van der Waals surface area (Å²) in [6, 6.07) is 2.74. The van der Waals surface area contributed by atoms with E-state index < -0.39 is 0 Å². The molecule has 5 heteroatoms. The molecular weight excluding hydrogens is 268 g/mol. The van der Waals surface area contributed by atoms with E-state index in [1.165, 1.54) is 5.01 Å². The standard InChI is InChI=1S/C15H24N4S/c1-9(2)15-17-14(8-20-15)12(5)16-10(3)6-13-7-11(4)18-19-13/h7-10,12,16H,6H2,1-5H3,(H,18,19). The lowest BCUT2D eigenvalue weighted by Gasteiger charge is -2.17. The highest BCUT2D eigenvalue weighted by molar-refractivity contribution is 7.09. The van der Waals surface area contributed by atoms with Gasteiger partial charge in [-0.2, -0.15) is 5.10 Å². The Morgan fingerprint density at radius 2 is 2.05 bits per heavy atom. The molecule has 0 aliphatic carbocycles. The monoisotopic (exact) mass is 292 g/mol. The topological polar surface area (TPSA) is 53.6 Å².